The molecule has 5 nitrogen and oxygen atoms in total. The molecule has 21 heavy (non-hydrogen) atoms. The molecule has 3 heterocycles. The number of nitrogens with zero attached hydrogens (tertiary/aromatic N) is 1. The molecular formula is C13H19Cl2N3O2S. The van der Waals surface area contributed by atoms with Gasteiger partial charge in [-0.15, -0.1) is 0 Å². The molecule has 3 rings (SSSR count). The molecule has 3 N–H and O–H groups in total. The van der Waals surface area contributed by atoms with E-state index in [0.29, 0.717) is 18.6 Å². The van der Waals surface area contributed by atoms with Crippen molar-refractivity contribution in [2.75, 3.05) is 32.1 Å². The fourth-order valence-electron chi connectivity index (χ4n) is 2.49. The average Bonchev–Trinajstić information content (AvgIpc) is 2.98. The van der Waals surface area contributed by atoms with Gasteiger partial charge < -0.3 is 39.8 Å². The maximum Gasteiger partial charge on any atom is 0.281 e. The largest absolute Gasteiger partial charge is 1.00 e. The fraction of sp³-hybridized carbons (Fsp3) is 0.538. The van der Waals surface area contributed by atoms with Crippen molar-refractivity contribution in [3.05, 3.63) is 30.1 Å². The van der Waals surface area contributed by atoms with Gasteiger partial charge in [-0.3, -0.25) is 4.79 Å². The van der Waals surface area contributed by atoms with Crippen molar-refractivity contribution in [2.24, 2.45) is 0 Å². The van der Waals surface area contributed by atoms with Gasteiger partial charge >= 0.3 is 0 Å². The summed E-state index contributed by atoms with van der Waals surface area (Å²) in [5, 5.41) is 2.51. The Morgan fingerprint density at radius 1 is 1.38 bits per heavy atom. The predicted octanol–water partition coefficient (Wildman–Crippen LogP) is -6.96. The van der Waals surface area contributed by atoms with Crippen LogP contribution in [0.15, 0.2) is 24.5 Å². The number of carbonyl (C=O) groups excluding carboxylic acids is 1. The summed E-state index contributed by atoms with van der Waals surface area (Å²) in [5.74, 6) is 1.15. The third-order valence-corrected chi connectivity index (χ3v) is 4.90. The molecule has 2 unspecified atom stereocenters. The lowest BCUT2D eigenvalue weighted by molar-refractivity contribution is -0.685. The number of aromatic nitrogens is 1. The van der Waals surface area contributed by atoms with Crippen LogP contribution in [0, 0.1) is 0 Å². The Bertz CT molecular complexity index is 446. The molecule has 0 bridgehead atoms. The first kappa shape index (κ1) is 18.5. The number of H-pyrrole nitrogens is 1. The number of aromatic amines is 1. The Morgan fingerprint density at radius 3 is 2.81 bits per heavy atom. The highest BCUT2D eigenvalue weighted by Crippen LogP contribution is 2.26. The third-order valence-electron chi connectivity index (χ3n) is 3.56. The molecule has 1 amide bonds. The van der Waals surface area contributed by atoms with Crippen LogP contribution in [0.3, 0.4) is 0 Å². The first-order chi connectivity index (χ1) is 9.34. The van der Waals surface area contributed by atoms with Gasteiger partial charge in [0.15, 0.2) is 23.8 Å². The van der Waals surface area contributed by atoms with E-state index in [1.54, 1.807) is 0 Å². The van der Waals surface area contributed by atoms with Crippen LogP contribution in [-0.2, 0) is 9.53 Å². The Balaban J connectivity index is 0.00000110. The minimum Gasteiger partial charge on any atom is -1.00 e. The minimum atomic E-state index is 0. The minimum absolute atomic E-state index is 0. The number of pyridine rings is 1. The molecular weight excluding hydrogens is 333 g/mol. The van der Waals surface area contributed by atoms with Gasteiger partial charge in [-0.2, -0.15) is 0 Å². The first-order valence-electron chi connectivity index (χ1n) is 6.64. The maximum absolute atomic E-state index is 12.4. The summed E-state index contributed by atoms with van der Waals surface area (Å²) in [7, 11) is 0. The van der Waals surface area contributed by atoms with E-state index in [1.807, 2.05) is 35.1 Å². The summed E-state index contributed by atoms with van der Waals surface area (Å²) >= 11 is 1.84. The predicted molar refractivity (Wildman–Crippen MR) is 71.3 cm³/mol. The fourth-order valence-corrected chi connectivity index (χ4v) is 3.80. The van der Waals surface area contributed by atoms with Crippen molar-refractivity contribution in [1.29, 1.82) is 0 Å². The molecule has 2 aliphatic rings. The Hall–Kier alpha value is -0.530. The van der Waals surface area contributed by atoms with Gasteiger partial charge in [0.2, 0.25) is 0 Å². The SMILES string of the molecule is O=C(C1CSC(c2ccc[nH+]c2)[NH2+]1)N1CCOCC1.[Cl-].[Cl-]. The second kappa shape index (κ2) is 8.80. The molecule has 0 aliphatic carbocycles. The number of nitrogens with two attached hydrogens (primary N) is 1. The van der Waals surface area contributed by atoms with Crippen LogP contribution < -0.4 is 35.1 Å². The van der Waals surface area contributed by atoms with E-state index in [4.69, 9.17) is 4.74 Å². The summed E-state index contributed by atoms with van der Waals surface area (Å²) in [6.45, 7) is 2.81. The molecule has 0 spiro atoms. The number of thioether (sulfide) groups is 1. The molecule has 2 aliphatic heterocycles. The molecule has 0 aromatic carbocycles. The number of carbonyl (C=O) groups is 1. The average molecular weight is 352 g/mol. The van der Waals surface area contributed by atoms with E-state index < -0.39 is 0 Å². The maximum atomic E-state index is 12.4. The zero-order valence-electron chi connectivity index (χ0n) is 11.5. The van der Waals surface area contributed by atoms with Crippen molar-refractivity contribution >= 4 is 17.7 Å². The van der Waals surface area contributed by atoms with E-state index in [9.17, 15) is 4.79 Å². The quantitative estimate of drug-likeness (QED) is 0.576. The van der Waals surface area contributed by atoms with Crippen LogP contribution in [0.4, 0.5) is 0 Å². The number of hydrogen-bond acceptors (Lipinski definition) is 3. The van der Waals surface area contributed by atoms with Crippen LogP contribution in [0.5, 0.6) is 0 Å². The molecule has 118 valence electrons. The van der Waals surface area contributed by atoms with Crippen molar-refractivity contribution in [3.8, 4) is 0 Å². The zero-order valence-corrected chi connectivity index (χ0v) is 13.8. The molecule has 2 fully saturated rings. The molecule has 1 aromatic rings. The number of nitrogens with one attached hydrogen (secondary N) is 1. The number of amides is 1. The van der Waals surface area contributed by atoms with Gasteiger partial charge in [0.25, 0.3) is 5.91 Å². The van der Waals surface area contributed by atoms with Gasteiger partial charge in [-0.25, -0.2) is 4.98 Å². The van der Waals surface area contributed by atoms with E-state index in [0.717, 1.165) is 18.8 Å². The Morgan fingerprint density at radius 2 is 2.14 bits per heavy atom. The van der Waals surface area contributed by atoms with Crippen molar-refractivity contribution < 1.29 is 44.6 Å². The van der Waals surface area contributed by atoms with Gasteiger partial charge in [0.1, 0.15) is 0 Å². The van der Waals surface area contributed by atoms with Gasteiger partial charge in [0, 0.05) is 19.2 Å². The van der Waals surface area contributed by atoms with Crippen molar-refractivity contribution in [1.82, 2.24) is 4.90 Å². The van der Waals surface area contributed by atoms with Crippen LogP contribution in [0.25, 0.3) is 0 Å². The highest BCUT2D eigenvalue weighted by Gasteiger charge is 2.38. The Kier molecular flexibility index (Phi) is 7.76. The summed E-state index contributed by atoms with van der Waals surface area (Å²) in [5.41, 5.74) is 1.24. The summed E-state index contributed by atoms with van der Waals surface area (Å²) in [6.07, 6.45) is 3.91. The molecule has 2 saturated heterocycles. The number of halogens is 2. The second-order valence-electron chi connectivity index (χ2n) is 4.83. The standard InChI is InChI=1S/C13H17N3O2S.2ClH/c17-13(16-4-6-18-7-5-16)11-9-19-12(15-11)10-2-1-3-14-8-10;;/h1-3,8,11-12,15H,4-7,9H2;2*1H. The molecule has 8 heteroatoms. The van der Waals surface area contributed by atoms with Crippen LogP contribution >= 0.6 is 11.8 Å². The number of morpholine rings is 1. The number of rotatable bonds is 2. The van der Waals surface area contributed by atoms with E-state index in [2.05, 4.69) is 16.4 Å². The van der Waals surface area contributed by atoms with E-state index in [1.165, 1.54) is 5.56 Å². The third kappa shape index (κ3) is 4.47. The van der Waals surface area contributed by atoms with Crippen molar-refractivity contribution in [3.63, 3.8) is 0 Å². The second-order valence-corrected chi connectivity index (χ2v) is 6.00. The molecule has 2 atom stereocenters. The van der Waals surface area contributed by atoms with Crippen LogP contribution in [0.2, 0.25) is 0 Å². The van der Waals surface area contributed by atoms with Gasteiger partial charge in [-0.05, 0) is 6.07 Å². The number of hydrogen-bond donors (Lipinski definition) is 1. The smallest absolute Gasteiger partial charge is 0.281 e. The van der Waals surface area contributed by atoms with Gasteiger partial charge in [-0.1, -0.05) is 11.8 Å². The van der Waals surface area contributed by atoms with Crippen LogP contribution in [0.1, 0.15) is 10.9 Å². The van der Waals surface area contributed by atoms with E-state index >= 15 is 0 Å². The first-order valence-corrected chi connectivity index (χ1v) is 7.68. The lowest BCUT2D eigenvalue weighted by atomic mass is 10.2. The lowest BCUT2D eigenvalue weighted by Gasteiger charge is -2.27. The normalized spacial score (nSPS) is 24.9. The Labute approximate surface area is 141 Å². The highest BCUT2D eigenvalue weighted by atomic mass is 35.5. The van der Waals surface area contributed by atoms with Gasteiger partial charge in [0.05, 0.1) is 24.5 Å². The zero-order chi connectivity index (χ0) is 13.1. The van der Waals surface area contributed by atoms with E-state index in [-0.39, 0.29) is 36.8 Å². The monoisotopic (exact) mass is 351 g/mol. The number of quaternary nitrogens is 1. The lowest BCUT2D eigenvalue weighted by Crippen LogP contribution is -3.00. The highest BCUT2D eigenvalue weighted by molar-refractivity contribution is 7.99. The topological polar surface area (TPSA) is 60.3 Å². The number of ether oxygens (including phenoxy) is 1. The summed E-state index contributed by atoms with van der Waals surface area (Å²) in [6, 6.07) is 4.15. The molecule has 1 aromatic heterocycles. The summed E-state index contributed by atoms with van der Waals surface area (Å²) in [4.78, 5) is 17.4. The van der Waals surface area contributed by atoms with Crippen molar-refractivity contribution in [2.45, 2.75) is 11.4 Å². The summed E-state index contributed by atoms with van der Waals surface area (Å²) < 4.78 is 5.29. The molecule has 0 radical (unpaired) electrons. The molecule has 0 saturated carbocycles. The van der Waals surface area contributed by atoms with Crippen LogP contribution in [-0.4, -0.2) is 48.9 Å².